The minimum Gasteiger partial charge on any atom is -0.354 e. The van der Waals surface area contributed by atoms with Crippen LogP contribution < -0.4 is 10.2 Å². The third-order valence-electron chi connectivity index (χ3n) is 7.55. The summed E-state index contributed by atoms with van der Waals surface area (Å²) in [4.78, 5) is 16.9. The van der Waals surface area contributed by atoms with Gasteiger partial charge in [-0.3, -0.25) is 4.57 Å². The molecule has 1 aliphatic heterocycles. The Labute approximate surface area is 261 Å². The van der Waals surface area contributed by atoms with E-state index in [1.807, 2.05) is 38.1 Å². The first kappa shape index (κ1) is 33.1. The molecule has 3 heterocycles. The fourth-order valence-corrected chi connectivity index (χ4v) is 5.63. The molecule has 6 rings (SSSR count). The Morgan fingerprint density at radius 3 is 2.07 bits per heavy atom. The number of benzene rings is 3. The minimum atomic E-state index is -0.0477. The molecule has 0 aliphatic carbocycles. The number of imidazole rings is 1. The molecule has 1 fully saturated rings. The molecule has 3 aromatic carbocycles. The van der Waals surface area contributed by atoms with Crippen molar-refractivity contribution in [3.63, 3.8) is 0 Å². The maximum atomic E-state index is 6.66. The molecule has 6 nitrogen and oxygen atoms in total. The Kier molecular flexibility index (Phi) is 12.1. The van der Waals surface area contributed by atoms with Gasteiger partial charge in [0.2, 0.25) is 0 Å². The topological polar surface area (TPSA) is 58.9 Å². The zero-order valence-electron chi connectivity index (χ0n) is 25.6. The van der Waals surface area contributed by atoms with E-state index in [9.17, 15) is 0 Å². The van der Waals surface area contributed by atoms with Crippen LogP contribution in [-0.4, -0.2) is 39.7 Å². The molecule has 0 unspecified atom stereocenters. The van der Waals surface area contributed by atoms with Gasteiger partial charge in [0.1, 0.15) is 12.2 Å². The molecule has 0 bridgehead atoms. The zero-order valence-corrected chi connectivity index (χ0v) is 26.4. The maximum Gasteiger partial charge on any atom is 0.170 e. The van der Waals surface area contributed by atoms with Crippen LogP contribution in [0.15, 0.2) is 98.3 Å². The average Bonchev–Trinajstić information content (AvgIpc) is 3.48. The summed E-state index contributed by atoms with van der Waals surface area (Å²) in [6, 6.07) is 27.0. The second kappa shape index (κ2) is 15.7. The largest absolute Gasteiger partial charge is 0.354 e. The summed E-state index contributed by atoms with van der Waals surface area (Å²) in [5.41, 5.74) is 5.90. The molecule has 2 aromatic heterocycles. The van der Waals surface area contributed by atoms with Gasteiger partial charge < -0.3 is 10.2 Å². The lowest BCUT2D eigenvalue weighted by atomic mass is 9.81. The van der Waals surface area contributed by atoms with Crippen molar-refractivity contribution in [3.8, 4) is 29.9 Å². The van der Waals surface area contributed by atoms with E-state index in [2.05, 4.69) is 109 Å². The van der Waals surface area contributed by atoms with Crippen molar-refractivity contribution in [2.45, 2.75) is 39.2 Å². The predicted molar refractivity (Wildman–Crippen MR) is 183 cm³/mol. The van der Waals surface area contributed by atoms with E-state index >= 15 is 0 Å². The lowest BCUT2D eigenvalue weighted by molar-refractivity contribution is 0.282. The molecule has 0 amide bonds. The average molecular weight is 593 g/mol. The van der Waals surface area contributed by atoms with Gasteiger partial charge in [0, 0.05) is 29.9 Å². The van der Waals surface area contributed by atoms with E-state index in [1.165, 1.54) is 11.1 Å². The summed E-state index contributed by atoms with van der Waals surface area (Å²) >= 11 is 6.66. The molecule has 1 N–H and O–H groups in total. The third-order valence-corrected chi connectivity index (χ3v) is 7.88. The molecule has 43 heavy (non-hydrogen) atoms. The number of terminal acetylenes is 1. The number of nitrogens with zero attached hydrogens (tertiary/aromatic N) is 5. The van der Waals surface area contributed by atoms with Crippen LogP contribution >= 0.6 is 11.6 Å². The van der Waals surface area contributed by atoms with Gasteiger partial charge in [0.15, 0.2) is 17.0 Å². The summed E-state index contributed by atoms with van der Waals surface area (Å²) in [7, 11) is 2.06. The van der Waals surface area contributed by atoms with E-state index in [4.69, 9.17) is 26.6 Å². The van der Waals surface area contributed by atoms with Crippen LogP contribution in [0.2, 0.25) is 5.02 Å². The standard InChI is InChI=1S/C30H29ClN6.C2H6.C2H4.C2H2/c1-21-12-14-23(15-13-21)37-27(24-10-6-7-11-25(24)31)35-26-28(33-20-34-29(26)37)36-18-16-30(32-2,17-19-36)22-8-4-3-5-9-22;3*1-2/h3-15,20,32H,16-19H2,1-2H3;1-2H3;1-2H2;1-2H. The Morgan fingerprint density at radius 2 is 1.47 bits per heavy atom. The Bertz CT molecular complexity index is 1600. The van der Waals surface area contributed by atoms with E-state index in [-0.39, 0.29) is 5.54 Å². The molecule has 1 aliphatic rings. The first-order chi connectivity index (χ1) is 21.1. The molecule has 0 saturated carbocycles. The zero-order chi connectivity index (χ0) is 31.4. The first-order valence-corrected chi connectivity index (χ1v) is 14.9. The van der Waals surface area contributed by atoms with Gasteiger partial charge in [-0.2, -0.15) is 0 Å². The molecule has 5 aromatic rings. The first-order valence-electron chi connectivity index (χ1n) is 14.5. The van der Waals surface area contributed by atoms with Crippen LogP contribution in [0.5, 0.6) is 0 Å². The van der Waals surface area contributed by atoms with Gasteiger partial charge in [-0.15, -0.1) is 26.0 Å². The summed E-state index contributed by atoms with van der Waals surface area (Å²) in [6.07, 6.45) is 11.6. The van der Waals surface area contributed by atoms with Gasteiger partial charge in [-0.1, -0.05) is 85.6 Å². The van der Waals surface area contributed by atoms with Crippen molar-refractivity contribution in [3.05, 3.63) is 114 Å². The van der Waals surface area contributed by atoms with Crippen molar-refractivity contribution in [2.24, 2.45) is 0 Å². The van der Waals surface area contributed by atoms with E-state index in [0.29, 0.717) is 5.02 Å². The van der Waals surface area contributed by atoms with Crippen molar-refractivity contribution in [1.82, 2.24) is 24.8 Å². The van der Waals surface area contributed by atoms with Crippen molar-refractivity contribution in [1.29, 1.82) is 0 Å². The highest BCUT2D eigenvalue weighted by Crippen LogP contribution is 2.38. The molecule has 7 heteroatoms. The number of halogens is 1. The van der Waals surface area contributed by atoms with Crippen LogP contribution in [0.4, 0.5) is 5.82 Å². The van der Waals surface area contributed by atoms with E-state index in [1.54, 1.807) is 6.33 Å². The lowest BCUT2D eigenvalue weighted by Crippen LogP contribution is -2.50. The molecular formula is C36H41ClN6. The molecule has 0 radical (unpaired) electrons. The number of anilines is 1. The number of fused-ring (bicyclic) bond motifs is 1. The van der Waals surface area contributed by atoms with Gasteiger partial charge in [0.25, 0.3) is 0 Å². The predicted octanol–water partition coefficient (Wildman–Crippen LogP) is 8.24. The number of aryl methyl sites for hydroxylation is 1. The van der Waals surface area contributed by atoms with E-state index in [0.717, 1.165) is 60.0 Å². The fraction of sp³-hybridized carbons (Fsp3) is 0.250. The number of hydrogen-bond donors (Lipinski definition) is 1. The second-order valence-electron chi connectivity index (χ2n) is 9.64. The Morgan fingerprint density at radius 1 is 0.860 bits per heavy atom. The van der Waals surface area contributed by atoms with Crippen LogP contribution in [-0.2, 0) is 5.54 Å². The highest BCUT2D eigenvalue weighted by molar-refractivity contribution is 6.33. The Balaban J connectivity index is 0.000000796. The third kappa shape index (κ3) is 6.80. The second-order valence-corrected chi connectivity index (χ2v) is 10.0. The molecular weight excluding hydrogens is 552 g/mol. The number of nitrogens with one attached hydrogen (secondary N) is 1. The van der Waals surface area contributed by atoms with Crippen molar-refractivity contribution < 1.29 is 0 Å². The quantitative estimate of drug-likeness (QED) is 0.164. The minimum absolute atomic E-state index is 0.0477. The number of hydrogen-bond acceptors (Lipinski definition) is 5. The highest BCUT2D eigenvalue weighted by atomic mass is 35.5. The van der Waals surface area contributed by atoms with Crippen LogP contribution in [0.1, 0.15) is 37.8 Å². The van der Waals surface area contributed by atoms with Crippen LogP contribution in [0.3, 0.4) is 0 Å². The Hall–Kier alpha value is -4.44. The molecule has 1 saturated heterocycles. The maximum absolute atomic E-state index is 6.66. The normalized spacial score (nSPS) is 13.4. The van der Waals surface area contributed by atoms with Gasteiger partial charge in [0.05, 0.1) is 5.02 Å². The summed E-state index contributed by atoms with van der Waals surface area (Å²) in [5.74, 6) is 1.62. The van der Waals surface area contributed by atoms with E-state index < -0.39 is 0 Å². The monoisotopic (exact) mass is 592 g/mol. The smallest absolute Gasteiger partial charge is 0.170 e. The van der Waals surface area contributed by atoms with Crippen LogP contribution in [0.25, 0.3) is 28.2 Å². The molecule has 222 valence electrons. The van der Waals surface area contributed by atoms with Crippen LogP contribution in [0, 0.1) is 19.8 Å². The summed E-state index contributed by atoms with van der Waals surface area (Å²) < 4.78 is 2.09. The van der Waals surface area contributed by atoms with Gasteiger partial charge >= 0.3 is 0 Å². The fourth-order valence-electron chi connectivity index (χ4n) is 5.41. The molecule has 0 spiro atoms. The lowest BCUT2D eigenvalue weighted by Gasteiger charge is -2.42. The van der Waals surface area contributed by atoms with Gasteiger partial charge in [-0.25, -0.2) is 15.0 Å². The van der Waals surface area contributed by atoms with Crippen molar-refractivity contribution >= 4 is 28.6 Å². The molecule has 0 atom stereocenters. The SMILES string of the molecule is C#C.C=C.CC.CNC1(c2ccccc2)CCN(c2ncnc3c2nc(-c2ccccc2Cl)n3-c2ccc(C)cc2)CC1. The number of aromatic nitrogens is 4. The number of rotatable bonds is 5. The summed E-state index contributed by atoms with van der Waals surface area (Å²) in [5, 5.41) is 4.27. The highest BCUT2D eigenvalue weighted by Gasteiger charge is 2.36. The van der Waals surface area contributed by atoms with Gasteiger partial charge in [-0.05, 0) is 56.6 Å². The summed E-state index contributed by atoms with van der Waals surface area (Å²) in [6.45, 7) is 13.8. The number of piperidine rings is 1. The van der Waals surface area contributed by atoms with Crippen molar-refractivity contribution in [2.75, 3.05) is 25.0 Å².